The molecule has 1 fully saturated rings. The van der Waals surface area contributed by atoms with E-state index in [4.69, 9.17) is 9.47 Å². The molecule has 2 aromatic carbocycles. The van der Waals surface area contributed by atoms with Crippen molar-refractivity contribution >= 4 is 0 Å². The summed E-state index contributed by atoms with van der Waals surface area (Å²) in [6, 6.07) is 10.7. The van der Waals surface area contributed by atoms with Crippen LogP contribution in [0.15, 0.2) is 48.6 Å². The van der Waals surface area contributed by atoms with Gasteiger partial charge in [0.05, 0.1) is 19.3 Å². The predicted molar refractivity (Wildman–Crippen MR) is 99.5 cm³/mol. The maximum atomic E-state index is 14.4. The molecule has 2 nitrogen and oxygen atoms in total. The van der Waals surface area contributed by atoms with Gasteiger partial charge in [-0.25, -0.2) is 4.39 Å². The van der Waals surface area contributed by atoms with E-state index in [-0.39, 0.29) is 17.4 Å². The highest BCUT2D eigenvalue weighted by molar-refractivity contribution is 5.65. The average Bonchev–Trinajstić information content (AvgIpc) is 2.67. The van der Waals surface area contributed by atoms with Crippen molar-refractivity contribution in [2.75, 3.05) is 13.2 Å². The van der Waals surface area contributed by atoms with E-state index >= 15 is 0 Å². The first-order valence-electron chi connectivity index (χ1n) is 9.09. The van der Waals surface area contributed by atoms with Crippen molar-refractivity contribution in [1.29, 1.82) is 0 Å². The summed E-state index contributed by atoms with van der Waals surface area (Å²) in [7, 11) is 0. The fraction of sp³-hybridized carbons (Fsp3) is 0.364. The Morgan fingerprint density at radius 1 is 1.08 bits per heavy atom. The summed E-state index contributed by atoms with van der Waals surface area (Å²) in [5.41, 5.74) is 2.06. The number of hydrogen-bond acceptors (Lipinski definition) is 2. The van der Waals surface area contributed by atoms with Gasteiger partial charge >= 0.3 is 0 Å². The molecule has 0 amide bonds. The molecule has 2 unspecified atom stereocenters. The van der Waals surface area contributed by atoms with Gasteiger partial charge in [0.15, 0.2) is 11.6 Å². The van der Waals surface area contributed by atoms with Gasteiger partial charge in [0, 0.05) is 11.5 Å². The maximum Gasteiger partial charge on any atom is 0.201 e. The molecule has 2 atom stereocenters. The van der Waals surface area contributed by atoms with Crippen LogP contribution in [0.4, 0.5) is 8.78 Å². The summed E-state index contributed by atoms with van der Waals surface area (Å²) in [4.78, 5) is 0. The fourth-order valence-corrected chi connectivity index (χ4v) is 3.36. The van der Waals surface area contributed by atoms with Gasteiger partial charge in [-0.1, -0.05) is 36.4 Å². The van der Waals surface area contributed by atoms with E-state index in [1.54, 1.807) is 13.0 Å². The summed E-state index contributed by atoms with van der Waals surface area (Å²) in [5, 5.41) is 0. The minimum Gasteiger partial charge on any atom is -0.491 e. The third-order valence-electron chi connectivity index (χ3n) is 4.76. The van der Waals surface area contributed by atoms with Gasteiger partial charge in [-0.05, 0) is 49.9 Å². The van der Waals surface area contributed by atoms with Crippen LogP contribution in [0.3, 0.4) is 0 Å². The van der Waals surface area contributed by atoms with Crippen molar-refractivity contribution in [1.82, 2.24) is 0 Å². The molecule has 3 rings (SSSR count). The number of allylic oxidation sites excluding steroid dienone is 1. The van der Waals surface area contributed by atoms with Crippen molar-refractivity contribution < 1.29 is 18.3 Å². The Balaban J connectivity index is 1.75. The van der Waals surface area contributed by atoms with E-state index in [0.29, 0.717) is 24.7 Å². The van der Waals surface area contributed by atoms with Crippen LogP contribution < -0.4 is 4.74 Å². The molecule has 1 saturated heterocycles. The zero-order valence-electron chi connectivity index (χ0n) is 15.2. The van der Waals surface area contributed by atoms with Crippen LogP contribution in [0, 0.1) is 11.6 Å². The molecule has 1 aliphatic heterocycles. The van der Waals surface area contributed by atoms with Crippen molar-refractivity contribution in [3.05, 3.63) is 65.7 Å². The van der Waals surface area contributed by atoms with E-state index < -0.39 is 11.6 Å². The van der Waals surface area contributed by atoms with E-state index in [1.165, 1.54) is 11.6 Å². The molecule has 0 aliphatic carbocycles. The van der Waals surface area contributed by atoms with Gasteiger partial charge in [0.2, 0.25) is 5.82 Å². The van der Waals surface area contributed by atoms with E-state index in [2.05, 4.69) is 6.08 Å². The molecule has 0 aromatic heterocycles. The number of rotatable bonds is 5. The molecule has 1 aliphatic rings. The first kappa shape index (κ1) is 18.6. The van der Waals surface area contributed by atoms with E-state index in [1.807, 2.05) is 37.3 Å². The average molecular weight is 358 g/mol. The Hall–Kier alpha value is -2.20. The molecule has 26 heavy (non-hydrogen) atoms. The smallest absolute Gasteiger partial charge is 0.201 e. The first-order valence-corrected chi connectivity index (χ1v) is 9.09. The predicted octanol–water partition coefficient (Wildman–Crippen LogP) is 5.87. The van der Waals surface area contributed by atoms with Gasteiger partial charge in [0.25, 0.3) is 0 Å². The monoisotopic (exact) mass is 358 g/mol. The lowest BCUT2D eigenvalue weighted by atomic mass is 9.90. The normalized spacial score (nSPS) is 20.5. The highest BCUT2D eigenvalue weighted by Gasteiger charge is 2.21. The molecule has 1 heterocycles. The SMILES string of the molecule is CC=CC1CCC(c2ccc(-c3ccc(OCC)c(F)c3F)cc2)CO1. The second-order valence-corrected chi connectivity index (χ2v) is 6.47. The fourth-order valence-electron chi connectivity index (χ4n) is 3.36. The van der Waals surface area contributed by atoms with E-state index in [9.17, 15) is 8.78 Å². The second-order valence-electron chi connectivity index (χ2n) is 6.47. The first-order chi connectivity index (χ1) is 12.6. The molecular formula is C22H24F2O2. The lowest BCUT2D eigenvalue weighted by Gasteiger charge is -2.27. The minimum atomic E-state index is -0.941. The maximum absolute atomic E-state index is 14.4. The third kappa shape index (κ3) is 3.96. The number of halogens is 2. The van der Waals surface area contributed by atoms with Crippen LogP contribution in [0.1, 0.15) is 38.2 Å². The van der Waals surface area contributed by atoms with Gasteiger partial charge < -0.3 is 9.47 Å². The lowest BCUT2D eigenvalue weighted by molar-refractivity contribution is 0.0326. The summed E-state index contributed by atoms with van der Waals surface area (Å²) >= 11 is 0. The zero-order chi connectivity index (χ0) is 18.5. The van der Waals surface area contributed by atoms with Crippen molar-refractivity contribution in [3.63, 3.8) is 0 Å². The van der Waals surface area contributed by atoms with Gasteiger partial charge in [-0.3, -0.25) is 0 Å². The summed E-state index contributed by atoms with van der Waals surface area (Å²) < 4.78 is 39.4. The molecule has 4 heteroatoms. The Morgan fingerprint density at radius 2 is 1.85 bits per heavy atom. The van der Waals surface area contributed by atoms with Crippen molar-refractivity contribution in [2.45, 2.75) is 38.7 Å². The number of benzene rings is 2. The molecule has 0 saturated carbocycles. The van der Waals surface area contributed by atoms with Gasteiger partial charge in [-0.15, -0.1) is 0 Å². The van der Waals surface area contributed by atoms with Crippen LogP contribution in [-0.4, -0.2) is 19.3 Å². The Labute approximate surface area is 153 Å². The Kier molecular flexibility index (Phi) is 6.04. The molecule has 0 bridgehead atoms. The quantitative estimate of drug-likeness (QED) is 0.622. The molecule has 138 valence electrons. The van der Waals surface area contributed by atoms with Crippen molar-refractivity contribution in [3.8, 4) is 16.9 Å². The summed E-state index contributed by atoms with van der Waals surface area (Å²) in [5.74, 6) is -1.53. The van der Waals surface area contributed by atoms with Crippen LogP contribution in [0.2, 0.25) is 0 Å². The van der Waals surface area contributed by atoms with Crippen LogP contribution in [0.5, 0.6) is 5.75 Å². The van der Waals surface area contributed by atoms with Crippen molar-refractivity contribution in [2.24, 2.45) is 0 Å². The number of ether oxygens (including phenoxy) is 2. The highest BCUT2D eigenvalue weighted by Crippen LogP contribution is 2.33. The molecule has 0 radical (unpaired) electrons. The molecule has 0 N–H and O–H groups in total. The van der Waals surface area contributed by atoms with Crippen LogP contribution in [-0.2, 0) is 4.74 Å². The third-order valence-corrected chi connectivity index (χ3v) is 4.76. The Bertz CT molecular complexity index is 760. The van der Waals surface area contributed by atoms with Crippen LogP contribution in [0.25, 0.3) is 11.1 Å². The Morgan fingerprint density at radius 3 is 2.46 bits per heavy atom. The van der Waals surface area contributed by atoms with Gasteiger partial charge in [0.1, 0.15) is 0 Å². The topological polar surface area (TPSA) is 18.5 Å². The van der Waals surface area contributed by atoms with Gasteiger partial charge in [-0.2, -0.15) is 4.39 Å². The highest BCUT2D eigenvalue weighted by atomic mass is 19.2. The second kappa shape index (κ2) is 8.45. The largest absolute Gasteiger partial charge is 0.491 e. The summed E-state index contributed by atoms with van der Waals surface area (Å²) in [6.45, 7) is 4.71. The standard InChI is InChI=1S/C22H24F2O2/c1-3-5-18-11-10-17(14-26-18)15-6-8-16(9-7-15)19-12-13-20(25-4-2)22(24)21(19)23/h3,5-9,12-13,17-18H,4,10-11,14H2,1-2H3. The van der Waals surface area contributed by atoms with E-state index in [0.717, 1.165) is 12.8 Å². The molecule has 0 spiro atoms. The van der Waals surface area contributed by atoms with Crippen LogP contribution >= 0.6 is 0 Å². The number of hydrogen-bond donors (Lipinski definition) is 0. The lowest BCUT2D eigenvalue weighted by Crippen LogP contribution is -2.23. The minimum absolute atomic E-state index is 0.0552. The summed E-state index contributed by atoms with van der Waals surface area (Å²) in [6.07, 6.45) is 6.36. The zero-order valence-corrected chi connectivity index (χ0v) is 15.2. The molecular weight excluding hydrogens is 334 g/mol. The molecule has 2 aromatic rings.